The van der Waals surface area contributed by atoms with E-state index in [1.54, 1.807) is 0 Å². The average molecular weight is 239 g/mol. The number of rotatable bonds is 5. The first-order valence-electron chi connectivity index (χ1n) is 6.96. The Morgan fingerprint density at radius 1 is 1.53 bits per heavy atom. The molecule has 2 heteroatoms. The van der Waals surface area contributed by atoms with Crippen LogP contribution in [-0.4, -0.2) is 35.2 Å². The molecule has 0 radical (unpaired) electrons. The van der Waals surface area contributed by atoms with Gasteiger partial charge in [0, 0.05) is 6.04 Å². The van der Waals surface area contributed by atoms with Gasteiger partial charge in [-0.3, -0.25) is 0 Å². The second kappa shape index (κ2) is 6.01. The molecule has 0 aliphatic heterocycles. The molecule has 0 aromatic carbocycles. The molecule has 0 saturated heterocycles. The van der Waals surface area contributed by atoms with Crippen LogP contribution in [0.1, 0.15) is 52.9 Å². The van der Waals surface area contributed by atoms with E-state index in [2.05, 4.69) is 32.4 Å². The molecule has 0 spiro atoms. The maximum Gasteiger partial charge on any atom is 0.0774 e. The topological polar surface area (TPSA) is 23.5 Å². The SMILES string of the molecule is C=C(C)C1CCC(C)(O)C(N(C)CCCC)C1. The fraction of sp³-hybridized carbons (Fsp3) is 0.867. The van der Waals surface area contributed by atoms with E-state index < -0.39 is 5.60 Å². The molecule has 0 aromatic rings. The van der Waals surface area contributed by atoms with Gasteiger partial charge >= 0.3 is 0 Å². The van der Waals surface area contributed by atoms with Crippen LogP contribution in [0.2, 0.25) is 0 Å². The monoisotopic (exact) mass is 239 g/mol. The Hall–Kier alpha value is -0.340. The van der Waals surface area contributed by atoms with Gasteiger partial charge in [-0.1, -0.05) is 25.5 Å². The maximum atomic E-state index is 10.5. The van der Waals surface area contributed by atoms with Crippen molar-refractivity contribution < 1.29 is 5.11 Å². The van der Waals surface area contributed by atoms with Crippen LogP contribution in [0.3, 0.4) is 0 Å². The molecule has 2 nitrogen and oxygen atoms in total. The molecule has 1 N–H and O–H groups in total. The van der Waals surface area contributed by atoms with Crippen molar-refractivity contribution >= 4 is 0 Å². The summed E-state index contributed by atoms with van der Waals surface area (Å²) in [4.78, 5) is 2.35. The van der Waals surface area contributed by atoms with Crippen molar-refractivity contribution in [2.45, 2.75) is 64.5 Å². The first kappa shape index (κ1) is 14.7. The normalized spacial score (nSPS) is 34.0. The maximum absolute atomic E-state index is 10.5. The molecule has 0 aromatic heterocycles. The van der Waals surface area contributed by atoms with Crippen molar-refractivity contribution in [3.05, 3.63) is 12.2 Å². The van der Waals surface area contributed by atoms with E-state index in [0.717, 1.165) is 25.8 Å². The Morgan fingerprint density at radius 2 is 2.18 bits per heavy atom. The van der Waals surface area contributed by atoms with Crippen LogP contribution in [-0.2, 0) is 0 Å². The summed E-state index contributed by atoms with van der Waals surface area (Å²) in [5, 5.41) is 10.5. The molecule has 0 bridgehead atoms. The predicted molar refractivity (Wildman–Crippen MR) is 74.1 cm³/mol. The van der Waals surface area contributed by atoms with E-state index in [1.165, 1.54) is 18.4 Å². The summed E-state index contributed by atoms with van der Waals surface area (Å²) in [6.07, 6.45) is 5.46. The highest BCUT2D eigenvalue weighted by Crippen LogP contribution is 2.37. The van der Waals surface area contributed by atoms with E-state index in [9.17, 15) is 5.11 Å². The number of likely N-dealkylation sites (N-methyl/N-ethyl adjacent to an activating group) is 1. The van der Waals surface area contributed by atoms with E-state index in [0.29, 0.717) is 5.92 Å². The molecule has 0 heterocycles. The largest absolute Gasteiger partial charge is 0.389 e. The van der Waals surface area contributed by atoms with E-state index in [1.807, 2.05) is 6.92 Å². The lowest BCUT2D eigenvalue weighted by Gasteiger charge is -2.45. The summed E-state index contributed by atoms with van der Waals surface area (Å²) >= 11 is 0. The molecular weight excluding hydrogens is 210 g/mol. The van der Waals surface area contributed by atoms with Crippen molar-refractivity contribution in [1.29, 1.82) is 0 Å². The van der Waals surface area contributed by atoms with Crippen molar-refractivity contribution in [2.24, 2.45) is 5.92 Å². The van der Waals surface area contributed by atoms with Crippen LogP contribution in [0.5, 0.6) is 0 Å². The summed E-state index contributed by atoms with van der Waals surface area (Å²) in [7, 11) is 2.15. The van der Waals surface area contributed by atoms with Gasteiger partial charge in [0.05, 0.1) is 5.60 Å². The van der Waals surface area contributed by atoms with Crippen LogP contribution in [0.15, 0.2) is 12.2 Å². The smallest absolute Gasteiger partial charge is 0.0774 e. The molecule has 1 aliphatic rings. The molecule has 1 aliphatic carbocycles. The number of hydrogen-bond acceptors (Lipinski definition) is 2. The van der Waals surface area contributed by atoms with Crippen LogP contribution in [0.4, 0.5) is 0 Å². The second-order valence-corrected chi connectivity index (χ2v) is 6.02. The fourth-order valence-electron chi connectivity index (χ4n) is 2.94. The Balaban J connectivity index is 2.66. The zero-order valence-corrected chi connectivity index (χ0v) is 12.0. The predicted octanol–water partition coefficient (Wildman–Crippen LogP) is 3.21. The number of aliphatic hydroxyl groups is 1. The third kappa shape index (κ3) is 3.82. The van der Waals surface area contributed by atoms with Crippen LogP contribution < -0.4 is 0 Å². The Labute approximate surface area is 107 Å². The van der Waals surface area contributed by atoms with Gasteiger partial charge in [0.1, 0.15) is 0 Å². The van der Waals surface area contributed by atoms with Crippen molar-refractivity contribution in [1.82, 2.24) is 4.90 Å². The molecule has 17 heavy (non-hydrogen) atoms. The van der Waals surface area contributed by atoms with E-state index in [4.69, 9.17) is 0 Å². The van der Waals surface area contributed by atoms with E-state index >= 15 is 0 Å². The van der Waals surface area contributed by atoms with Gasteiger partial charge in [0.25, 0.3) is 0 Å². The van der Waals surface area contributed by atoms with Crippen molar-refractivity contribution in [3.8, 4) is 0 Å². The Morgan fingerprint density at radius 3 is 2.71 bits per heavy atom. The highest BCUT2D eigenvalue weighted by atomic mass is 16.3. The van der Waals surface area contributed by atoms with Gasteiger partial charge in [-0.2, -0.15) is 0 Å². The zero-order valence-electron chi connectivity index (χ0n) is 12.0. The van der Waals surface area contributed by atoms with Gasteiger partial charge in [0.2, 0.25) is 0 Å². The summed E-state index contributed by atoms with van der Waals surface area (Å²) in [6.45, 7) is 11.5. The van der Waals surface area contributed by atoms with Gasteiger partial charge in [0.15, 0.2) is 0 Å². The Bertz CT molecular complexity index is 260. The third-order valence-electron chi connectivity index (χ3n) is 4.32. The summed E-state index contributed by atoms with van der Waals surface area (Å²) in [5.41, 5.74) is 0.739. The Kier molecular flexibility index (Phi) is 5.21. The number of hydrogen-bond donors (Lipinski definition) is 1. The highest BCUT2D eigenvalue weighted by Gasteiger charge is 2.40. The molecule has 1 saturated carbocycles. The minimum absolute atomic E-state index is 0.282. The van der Waals surface area contributed by atoms with E-state index in [-0.39, 0.29) is 6.04 Å². The minimum atomic E-state index is -0.533. The highest BCUT2D eigenvalue weighted by molar-refractivity contribution is 5.05. The molecule has 3 atom stereocenters. The van der Waals surface area contributed by atoms with Gasteiger partial charge < -0.3 is 10.0 Å². The van der Waals surface area contributed by atoms with Crippen LogP contribution in [0.25, 0.3) is 0 Å². The van der Waals surface area contributed by atoms with Crippen LogP contribution >= 0.6 is 0 Å². The first-order valence-corrected chi connectivity index (χ1v) is 6.96. The second-order valence-electron chi connectivity index (χ2n) is 6.02. The number of nitrogens with zero attached hydrogens (tertiary/aromatic N) is 1. The molecule has 3 unspecified atom stereocenters. The summed E-state index contributed by atoms with van der Waals surface area (Å²) in [6, 6.07) is 0.282. The minimum Gasteiger partial charge on any atom is -0.389 e. The standard InChI is InChI=1S/C15H29NO/c1-6-7-10-16(5)14-11-13(12(2)3)8-9-15(14,4)17/h13-14,17H,2,6-11H2,1,3-5H3. The first-order chi connectivity index (χ1) is 7.88. The number of allylic oxidation sites excluding steroid dienone is 1. The molecule has 100 valence electrons. The lowest BCUT2D eigenvalue weighted by molar-refractivity contribution is -0.0619. The molecular formula is C15H29NO. The van der Waals surface area contributed by atoms with Gasteiger partial charge in [-0.25, -0.2) is 0 Å². The zero-order chi connectivity index (χ0) is 13.1. The quantitative estimate of drug-likeness (QED) is 0.745. The third-order valence-corrected chi connectivity index (χ3v) is 4.32. The van der Waals surface area contributed by atoms with Crippen molar-refractivity contribution in [3.63, 3.8) is 0 Å². The lowest BCUT2D eigenvalue weighted by Crippen LogP contribution is -2.53. The lowest BCUT2D eigenvalue weighted by atomic mass is 9.73. The van der Waals surface area contributed by atoms with Gasteiger partial charge in [-0.15, -0.1) is 0 Å². The van der Waals surface area contributed by atoms with Crippen LogP contribution in [0, 0.1) is 5.92 Å². The number of unbranched alkanes of at least 4 members (excludes halogenated alkanes) is 1. The fourth-order valence-corrected chi connectivity index (χ4v) is 2.94. The molecule has 1 rings (SSSR count). The average Bonchev–Trinajstić information content (AvgIpc) is 2.25. The molecule has 1 fully saturated rings. The van der Waals surface area contributed by atoms with Gasteiger partial charge in [-0.05, 0) is 59.0 Å². The molecule has 0 amide bonds. The van der Waals surface area contributed by atoms with Crippen molar-refractivity contribution in [2.75, 3.05) is 13.6 Å². The summed E-state index contributed by atoms with van der Waals surface area (Å²) in [5.74, 6) is 0.587. The summed E-state index contributed by atoms with van der Waals surface area (Å²) < 4.78 is 0.